The molecule has 0 atom stereocenters. The Morgan fingerprint density at radius 1 is 1.12 bits per heavy atom. The number of alkyl halides is 2. The quantitative estimate of drug-likeness (QED) is 0.737. The molecule has 0 aliphatic carbocycles. The summed E-state index contributed by atoms with van der Waals surface area (Å²) in [5.41, 5.74) is -0.117. The van der Waals surface area contributed by atoms with Crippen LogP contribution in [0.2, 0.25) is 0 Å². The molecule has 3 nitrogen and oxygen atoms in total. The van der Waals surface area contributed by atoms with Crippen molar-refractivity contribution in [1.82, 2.24) is 0 Å². The van der Waals surface area contributed by atoms with Crippen molar-refractivity contribution in [2.45, 2.75) is 20.3 Å². The molecular weight excluding hydrogens is 249 g/mol. The molecule has 0 aliphatic rings. The first-order chi connectivity index (χ1) is 8.03. The SMILES string of the molecule is CCOP(=O)(OCC)c1ccc(C(F)F)cc1. The second kappa shape index (κ2) is 6.24. The summed E-state index contributed by atoms with van der Waals surface area (Å²) in [6.45, 7) is 3.85. The fourth-order valence-electron chi connectivity index (χ4n) is 1.33. The van der Waals surface area contributed by atoms with Gasteiger partial charge in [-0.2, -0.15) is 0 Å². The zero-order valence-corrected chi connectivity index (χ0v) is 10.6. The van der Waals surface area contributed by atoms with Crippen LogP contribution in [0.1, 0.15) is 25.8 Å². The highest BCUT2D eigenvalue weighted by atomic mass is 31.2. The van der Waals surface area contributed by atoms with E-state index in [9.17, 15) is 13.3 Å². The van der Waals surface area contributed by atoms with Gasteiger partial charge in [0.2, 0.25) is 0 Å². The zero-order chi connectivity index (χ0) is 12.9. The van der Waals surface area contributed by atoms with Gasteiger partial charge in [-0.1, -0.05) is 12.1 Å². The summed E-state index contributed by atoms with van der Waals surface area (Å²) in [5, 5.41) is 0.297. The van der Waals surface area contributed by atoms with Crippen LogP contribution in [0.5, 0.6) is 0 Å². The van der Waals surface area contributed by atoms with Crippen molar-refractivity contribution >= 4 is 12.9 Å². The second-order valence-corrected chi connectivity index (χ2v) is 5.25. The molecule has 0 fully saturated rings. The lowest BCUT2D eigenvalue weighted by Crippen LogP contribution is -2.10. The summed E-state index contributed by atoms with van der Waals surface area (Å²) in [6, 6.07) is 5.16. The third kappa shape index (κ3) is 3.60. The minimum Gasteiger partial charge on any atom is -0.305 e. The first kappa shape index (κ1) is 14.3. The van der Waals surface area contributed by atoms with Crippen LogP contribution in [0, 0.1) is 0 Å². The lowest BCUT2D eigenvalue weighted by Gasteiger charge is -2.17. The van der Waals surface area contributed by atoms with Crippen molar-refractivity contribution in [2.75, 3.05) is 13.2 Å². The summed E-state index contributed by atoms with van der Waals surface area (Å²) in [6.07, 6.45) is -2.54. The molecule has 0 heterocycles. The van der Waals surface area contributed by atoms with Gasteiger partial charge in [-0.15, -0.1) is 0 Å². The molecule has 0 aliphatic heterocycles. The predicted octanol–water partition coefficient (Wildman–Crippen LogP) is 3.52. The molecule has 0 aromatic heterocycles. The minimum absolute atomic E-state index is 0.117. The summed E-state index contributed by atoms with van der Waals surface area (Å²) in [5.74, 6) is 0. The Bertz CT molecular complexity index is 382. The van der Waals surface area contributed by atoms with Crippen LogP contribution in [-0.4, -0.2) is 13.2 Å². The van der Waals surface area contributed by atoms with Gasteiger partial charge in [0, 0.05) is 5.56 Å². The molecule has 1 rings (SSSR count). The van der Waals surface area contributed by atoms with Crippen LogP contribution in [0.25, 0.3) is 0 Å². The van der Waals surface area contributed by atoms with Gasteiger partial charge >= 0.3 is 7.60 Å². The summed E-state index contributed by atoms with van der Waals surface area (Å²) in [4.78, 5) is 0. The zero-order valence-electron chi connectivity index (χ0n) is 9.73. The average molecular weight is 264 g/mol. The van der Waals surface area contributed by atoms with Gasteiger partial charge in [-0.3, -0.25) is 4.57 Å². The monoisotopic (exact) mass is 264 g/mol. The number of hydrogen-bond acceptors (Lipinski definition) is 3. The topological polar surface area (TPSA) is 35.5 Å². The van der Waals surface area contributed by atoms with E-state index in [4.69, 9.17) is 9.05 Å². The van der Waals surface area contributed by atoms with Gasteiger partial charge in [0.25, 0.3) is 6.43 Å². The molecule has 0 spiro atoms. The van der Waals surface area contributed by atoms with Gasteiger partial charge in [0.15, 0.2) is 0 Å². The van der Waals surface area contributed by atoms with E-state index in [1.807, 2.05) is 0 Å². The van der Waals surface area contributed by atoms with Crippen molar-refractivity contribution in [2.24, 2.45) is 0 Å². The first-order valence-corrected chi connectivity index (χ1v) is 6.85. The molecule has 0 unspecified atom stereocenters. The molecule has 1 aromatic rings. The van der Waals surface area contributed by atoms with Crippen molar-refractivity contribution in [3.63, 3.8) is 0 Å². The molecule has 6 heteroatoms. The highest BCUT2D eigenvalue weighted by molar-refractivity contribution is 7.62. The second-order valence-electron chi connectivity index (χ2n) is 3.23. The predicted molar refractivity (Wildman–Crippen MR) is 61.9 cm³/mol. The van der Waals surface area contributed by atoms with E-state index in [1.165, 1.54) is 24.3 Å². The standard InChI is InChI=1S/C11H15F2O3P/c1-3-15-17(14,16-4-2)10-7-5-9(6-8-10)11(12)13/h5-8,11H,3-4H2,1-2H3. The van der Waals surface area contributed by atoms with E-state index in [0.29, 0.717) is 5.30 Å². The Kier molecular flexibility index (Phi) is 5.25. The Hall–Kier alpha value is -0.770. The molecule has 0 saturated carbocycles. The molecule has 0 bridgehead atoms. The van der Waals surface area contributed by atoms with E-state index >= 15 is 0 Å². The smallest absolute Gasteiger partial charge is 0.305 e. The first-order valence-electron chi connectivity index (χ1n) is 5.31. The lowest BCUT2D eigenvalue weighted by atomic mass is 10.2. The molecule has 0 saturated heterocycles. The van der Waals surface area contributed by atoms with Crippen molar-refractivity contribution < 1.29 is 22.4 Å². The van der Waals surface area contributed by atoms with Gasteiger partial charge < -0.3 is 9.05 Å². The summed E-state index contributed by atoms with van der Waals surface area (Å²) in [7, 11) is -3.37. The highest BCUT2D eigenvalue weighted by Crippen LogP contribution is 2.46. The molecule has 0 amide bonds. The minimum atomic E-state index is -3.37. The number of benzene rings is 1. The normalized spacial score (nSPS) is 12.1. The third-order valence-corrected chi connectivity index (χ3v) is 4.19. The van der Waals surface area contributed by atoms with Crippen LogP contribution in [0.15, 0.2) is 24.3 Å². The van der Waals surface area contributed by atoms with Crippen LogP contribution in [-0.2, 0) is 13.6 Å². The maximum atomic E-state index is 12.4. The van der Waals surface area contributed by atoms with E-state index in [0.717, 1.165) is 0 Å². The van der Waals surface area contributed by atoms with E-state index < -0.39 is 14.0 Å². The Balaban J connectivity index is 2.99. The highest BCUT2D eigenvalue weighted by Gasteiger charge is 2.26. The largest absolute Gasteiger partial charge is 0.361 e. The fraction of sp³-hybridized carbons (Fsp3) is 0.455. The molecule has 17 heavy (non-hydrogen) atoms. The third-order valence-electron chi connectivity index (χ3n) is 2.06. The Morgan fingerprint density at radius 2 is 1.59 bits per heavy atom. The van der Waals surface area contributed by atoms with Crippen molar-refractivity contribution in [1.29, 1.82) is 0 Å². The van der Waals surface area contributed by atoms with Crippen molar-refractivity contribution in [3.8, 4) is 0 Å². The number of halogens is 2. The molecule has 0 radical (unpaired) electrons. The molecule has 0 N–H and O–H groups in total. The van der Waals surface area contributed by atoms with Gasteiger partial charge in [-0.25, -0.2) is 8.78 Å². The van der Waals surface area contributed by atoms with Gasteiger partial charge in [0.05, 0.1) is 18.5 Å². The number of rotatable bonds is 6. The molecule has 96 valence electrons. The van der Waals surface area contributed by atoms with Crippen LogP contribution in [0.4, 0.5) is 8.78 Å². The Labute approximate surface area is 99.3 Å². The van der Waals surface area contributed by atoms with E-state index in [1.54, 1.807) is 13.8 Å². The van der Waals surface area contributed by atoms with Crippen molar-refractivity contribution in [3.05, 3.63) is 29.8 Å². The average Bonchev–Trinajstić information content (AvgIpc) is 2.30. The fourth-order valence-corrected chi connectivity index (χ4v) is 2.90. The summed E-state index contributed by atoms with van der Waals surface area (Å²) >= 11 is 0. The van der Waals surface area contributed by atoms with Gasteiger partial charge in [-0.05, 0) is 26.0 Å². The molecular formula is C11H15F2O3P. The van der Waals surface area contributed by atoms with Crippen LogP contribution < -0.4 is 5.30 Å². The van der Waals surface area contributed by atoms with Gasteiger partial charge in [0.1, 0.15) is 0 Å². The lowest BCUT2D eigenvalue weighted by molar-refractivity contribution is 0.151. The molecule has 1 aromatic carbocycles. The van der Waals surface area contributed by atoms with Crippen LogP contribution >= 0.6 is 7.60 Å². The maximum Gasteiger partial charge on any atom is 0.361 e. The number of hydrogen-bond donors (Lipinski definition) is 0. The van der Waals surface area contributed by atoms with E-state index in [2.05, 4.69) is 0 Å². The maximum absolute atomic E-state index is 12.4. The van der Waals surface area contributed by atoms with E-state index in [-0.39, 0.29) is 18.8 Å². The Morgan fingerprint density at radius 3 is 1.94 bits per heavy atom. The summed E-state index contributed by atoms with van der Waals surface area (Å²) < 4.78 is 47.2. The van der Waals surface area contributed by atoms with Crippen LogP contribution in [0.3, 0.4) is 0 Å².